The number of hydrogen-bond acceptors (Lipinski definition) is 3. The van der Waals surface area contributed by atoms with Crippen LogP contribution in [-0.2, 0) is 0 Å². The number of amidine groups is 2. The quantitative estimate of drug-likeness (QED) is 0.277. The number of hydrogen-bond donors (Lipinski definition) is 1. The van der Waals surface area contributed by atoms with Gasteiger partial charge in [0.05, 0.1) is 0 Å². The molecule has 0 amide bonds. The fraction of sp³-hybridized carbons (Fsp3) is 0.118. The first-order chi connectivity index (χ1) is 18.1. The van der Waals surface area contributed by atoms with Crippen molar-refractivity contribution >= 4 is 17.2 Å². The molecule has 4 aromatic carbocycles. The second-order valence-corrected chi connectivity index (χ2v) is 9.13. The van der Waals surface area contributed by atoms with E-state index in [1.165, 1.54) is 27.8 Å². The number of allylic oxidation sites excluding steroid dienone is 4. The van der Waals surface area contributed by atoms with E-state index in [1.807, 2.05) is 13.0 Å². The van der Waals surface area contributed by atoms with Crippen molar-refractivity contribution in [1.82, 2.24) is 5.32 Å². The van der Waals surface area contributed by atoms with Crippen LogP contribution in [0.1, 0.15) is 47.8 Å². The molecule has 1 unspecified atom stereocenters. The molecule has 1 N–H and O–H groups in total. The molecule has 0 radical (unpaired) electrons. The summed E-state index contributed by atoms with van der Waals surface area (Å²) in [7, 11) is 0. The van der Waals surface area contributed by atoms with Gasteiger partial charge in [0.1, 0.15) is 11.7 Å². The Hall–Kier alpha value is -4.50. The molecule has 0 aliphatic carbocycles. The molecular weight excluding hydrogens is 450 g/mol. The SMILES string of the molecule is C/C=C\C(=C/C)c1ccc(C2N=C(c3ccc(C)cc3)NC(c3ccc(-c4ccccc4)cc3)=N2)cc1. The molecule has 3 nitrogen and oxygen atoms in total. The third kappa shape index (κ3) is 5.52. The minimum atomic E-state index is -0.328. The van der Waals surface area contributed by atoms with Crippen LogP contribution in [0.25, 0.3) is 16.7 Å². The van der Waals surface area contributed by atoms with Crippen LogP contribution in [0.15, 0.2) is 131 Å². The molecule has 0 spiro atoms. The summed E-state index contributed by atoms with van der Waals surface area (Å²) < 4.78 is 0. The fourth-order valence-corrected chi connectivity index (χ4v) is 4.44. The first kappa shape index (κ1) is 24.2. The maximum Gasteiger partial charge on any atom is 0.169 e. The lowest BCUT2D eigenvalue weighted by atomic mass is 10.0. The zero-order valence-electron chi connectivity index (χ0n) is 21.5. The molecule has 0 saturated carbocycles. The Labute approximate surface area is 219 Å². The Morgan fingerprint density at radius 3 is 1.76 bits per heavy atom. The lowest BCUT2D eigenvalue weighted by Gasteiger charge is -2.22. The number of rotatable bonds is 6. The number of nitrogens with one attached hydrogen (secondary N) is 1. The molecule has 3 heteroatoms. The molecule has 0 bridgehead atoms. The van der Waals surface area contributed by atoms with E-state index in [9.17, 15) is 0 Å². The van der Waals surface area contributed by atoms with Crippen molar-refractivity contribution < 1.29 is 0 Å². The van der Waals surface area contributed by atoms with Gasteiger partial charge in [0, 0.05) is 11.1 Å². The number of aliphatic imine (C=N–C) groups is 2. The van der Waals surface area contributed by atoms with Gasteiger partial charge in [-0.1, -0.05) is 127 Å². The molecule has 1 atom stereocenters. The summed E-state index contributed by atoms with van der Waals surface area (Å²) in [6.45, 7) is 6.20. The first-order valence-electron chi connectivity index (χ1n) is 12.7. The van der Waals surface area contributed by atoms with Crippen LogP contribution in [0.3, 0.4) is 0 Å². The van der Waals surface area contributed by atoms with Gasteiger partial charge < -0.3 is 5.32 Å². The summed E-state index contributed by atoms with van der Waals surface area (Å²) in [5.74, 6) is 1.65. The molecule has 0 saturated heterocycles. The molecule has 1 aliphatic rings. The van der Waals surface area contributed by atoms with Crippen LogP contribution in [0.5, 0.6) is 0 Å². The Kier molecular flexibility index (Phi) is 7.23. The largest absolute Gasteiger partial charge is 0.324 e. The van der Waals surface area contributed by atoms with Crippen molar-refractivity contribution in [2.75, 3.05) is 0 Å². The van der Waals surface area contributed by atoms with Gasteiger partial charge in [0.15, 0.2) is 6.17 Å². The topological polar surface area (TPSA) is 36.8 Å². The Morgan fingerprint density at radius 2 is 1.19 bits per heavy atom. The molecule has 1 aliphatic heterocycles. The lowest BCUT2D eigenvalue weighted by molar-refractivity contribution is 0.755. The fourth-order valence-electron chi connectivity index (χ4n) is 4.44. The van der Waals surface area contributed by atoms with Crippen molar-refractivity contribution in [3.05, 3.63) is 149 Å². The molecule has 1 heterocycles. The van der Waals surface area contributed by atoms with Crippen molar-refractivity contribution in [1.29, 1.82) is 0 Å². The van der Waals surface area contributed by atoms with Gasteiger partial charge in [0.25, 0.3) is 0 Å². The average Bonchev–Trinajstić information content (AvgIpc) is 2.97. The van der Waals surface area contributed by atoms with E-state index in [4.69, 9.17) is 9.98 Å². The summed E-state index contributed by atoms with van der Waals surface area (Å²) in [4.78, 5) is 10.1. The van der Waals surface area contributed by atoms with Crippen LogP contribution in [-0.4, -0.2) is 11.7 Å². The van der Waals surface area contributed by atoms with Crippen LogP contribution < -0.4 is 5.32 Å². The summed E-state index contributed by atoms with van der Waals surface area (Å²) in [5.41, 5.74) is 9.12. The molecule has 0 aromatic heterocycles. The van der Waals surface area contributed by atoms with Crippen LogP contribution in [0.4, 0.5) is 0 Å². The standard InChI is InChI=1S/C34H31N3/c1-4-9-25(5-2)27-16-20-30(21-17-27)33-35-32(29-14-12-24(3)13-15-29)36-34(37-33)31-22-18-28(19-23-31)26-10-7-6-8-11-26/h4-23,33H,1-3H3,(H,35,36,37)/b9-4-,25-5+. The van der Waals surface area contributed by atoms with Gasteiger partial charge in [-0.05, 0) is 48.6 Å². The van der Waals surface area contributed by atoms with Crippen molar-refractivity contribution in [3.63, 3.8) is 0 Å². The smallest absolute Gasteiger partial charge is 0.169 e. The number of aryl methyl sites for hydroxylation is 1. The van der Waals surface area contributed by atoms with Crippen LogP contribution in [0.2, 0.25) is 0 Å². The highest BCUT2D eigenvalue weighted by atomic mass is 15.2. The Morgan fingerprint density at radius 1 is 0.649 bits per heavy atom. The van der Waals surface area contributed by atoms with Gasteiger partial charge >= 0.3 is 0 Å². The van der Waals surface area contributed by atoms with Crippen molar-refractivity contribution in [2.45, 2.75) is 26.9 Å². The van der Waals surface area contributed by atoms with Gasteiger partial charge in [-0.2, -0.15) is 0 Å². The zero-order chi connectivity index (χ0) is 25.6. The Balaban J connectivity index is 1.50. The van der Waals surface area contributed by atoms with Crippen molar-refractivity contribution in [3.8, 4) is 11.1 Å². The first-order valence-corrected chi connectivity index (χ1v) is 12.7. The van der Waals surface area contributed by atoms with E-state index in [-0.39, 0.29) is 6.17 Å². The highest BCUT2D eigenvalue weighted by Crippen LogP contribution is 2.27. The second-order valence-electron chi connectivity index (χ2n) is 9.13. The van der Waals surface area contributed by atoms with Gasteiger partial charge in [-0.25, -0.2) is 9.98 Å². The average molecular weight is 482 g/mol. The highest BCUT2D eigenvalue weighted by molar-refractivity contribution is 6.16. The van der Waals surface area contributed by atoms with E-state index in [0.717, 1.165) is 28.4 Å². The van der Waals surface area contributed by atoms with Crippen LogP contribution in [0, 0.1) is 6.92 Å². The maximum atomic E-state index is 5.04. The highest BCUT2D eigenvalue weighted by Gasteiger charge is 2.20. The molecule has 4 aromatic rings. The predicted molar refractivity (Wildman–Crippen MR) is 157 cm³/mol. The van der Waals surface area contributed by atoms with E-state index in [1.54, 1.807) is 0 Å². The second kappa shape index (κ2) is 11.0. The maximum absolute atomic E-state index is 5.04. The molecular formula is C34H31N3. The summed E-state index contributed by atoms with van der Waals surface area (Å²) in [6.07, 6.45) is 5.99. The molecule has 37 heavy (non-hydrogen) atoms. The van der Waals surface area contributed by atoms with Gasteiger partial charge in [-0.3, -0.25) is 0 Å². The summed E-state index contributed by atoms with van der Waals surface area (Å²) >= 11 is 0. The predicted octanol–water partition coefficient (Wildman–Crippen LogP) is 8.14. The summed E-state index contributed by atoms with van der Waals surface area (Å²) in [5, 5.41) is 3.50. The normalized spacial score (nSPS) is 15.8. The minimum Gasteiger partial charge on any atom is -0.324 e. The third-order valence-electron chi connectivity index (χ3n) is 6.53. The van der Waals surface area contributed by atoms with E-state index in [2.05, 4.69) is 134 Å². The third-order valence-corrected chi connectivity index (χ3v) is 6.53. The number of nitrogens with zero attached hydrogens (tertiary/aromatic N) is 2. The van der Waals surface area contributed by atoms with E-state index >= 15 is 0 Å². The molecule has 182 valence electrons. The van der Waals surface area contributed by atoms with E-state index in [0.29, 0.717) is 0 Å². The Bertz CT molecular complexity index is 1470. The number of benzene rings is 4. The summed E-state index contributed by atoms with van der Waals surface area (Å²) in [6, 6.07) is 36.0. The van der Waals surface area contributed by atoms with Gasteiger partial charge in [-0.15, -0.1) is 0 Å². The minimum absolute atomic E-state index is 0.328. The van der Waals surface area contributed by atoms with E-state index < -0.39 is 0 Å². The molecule has 0 fully saturated rings. The monoisotopic (exact) mass is 481 g/mol. The van der Waals surface area contributed by atoms with Crippen LogP contribution >= 0.6 is 0 Å². The lowest BCUT2D eigenvalue weighted by Crippen LogP contribution is -2.36. The molecule has 5 rings (SSSR count). The zero-order valence-corrected chi connectivity index (χ0v) is 21.5. The van der Waals surface area contributed by atoms with Gasteiger partial charge in [0.2, 0.25) is 0 Å². The van der Waals surface area contributed by atoms with Crippen molar-refractivity contribution in [2.24, 2.45) is 9.98 Å².